The van der Waals surface area contributed by atoms with E-state index in [0.717, 1.165) is 28.9 Å². The van der Waals surface area contributed by atoms with Crippen LogP contribution in [0.3, 0.4) is 0 Å². The first kappa shape index (κ1) is 16.4. The normalized spacial score (nSPS) is 10.7. The summed E-state index contributed by atoms with van der Waals surface area (Å²) in [5, 5.41) is 4.01. The summed E-state index contributed by atoms with van der Waals surface area (Å²) in [6.45, 7) is 0.485. The summed E-state index contributed by atoms with van der Waals surface area (Å²) in [6.07, 6.45) is 3.80. The summed E-state index contributed by atoms with van der Waals surface area (Å²) in [4.78, 5) is 20.6. The fourth-order valence-corrected chi connectivity index (χ4v) is 3.40. The molecule has 3 rings (SSSR count). The summed E-state index contributed by atoms with van der Waals surface area (Å²) in [7, 11) is 1.58. The van der Waals surface area contributed by atoms with E-state index in [9.17, 15) is 4.79 Å². The molecule has 1 aromatic carbocycles. The second-order valence-corrected chi connectivity index (χ2v) is 6.53. The molecule has 1 N–H and O–H groups in total. The van der Waals surface area contributed by atoms with Gasteiger partial charge in [-0.25, -0.2) is 9.97 Å². The van der Waals surface area contributed by atoms with Crippen molar-refractivity contribution in [3.05, 3.63) is 53.2 Å². The van der Waals surface area contributed by atoms with E-state index >= 15 is 0 Å². The van der Waals surface area contributed by atoms with Crippen molar-refractivity contribution in [1.82, 2.24) is 15.3 Å². The topological polar surface area (TPSA) is 64.1 Å². The molecule has 6 heteroatoms. The van der Waals surface area contributed by atoms with Gasteiger partial charge in [0.1, 0.15) is 0 Å². The van der Waals surface area contributed by atoms with E-state index in [4.69, 9.17) is 4.74 Å². The largest absolute Gasteiger partial charge is 0.481 e. The average molecular weight is 341 g/mol. The van der Waals surface area contributed by atoms with Crippen LogP contribution in [0.15, 0.2) is 42.6 Å². The van der Waals surface area contributed by atoms with Gasteiger partial charge in [-0.3, -0.25) is 4.79 Å². The smallest absolute Gasteiger partial charge is 0.220 e. The zero-order valence-electron chi connectivity index (χ0n) is 13.5. The van der Waals surface area contributed by atoms with E-state index in [-0.39, 0.29) is 5.91 Å². The van der Waals surface area contributed by atoms with Crippen LogP contribution in [0, 0.1) is 0 Å². The van der Waals surface area contributed by atoms with Gasteiger partial charge in [-0.15, -0.1) is 11.3 Å². The van der Waals surface area contributed by atoms with Crippen molar-refractivity contribution in [3.63, 3.8) is 0 Å². The summed E-state index contributed by atoms with van der Waals surface area (Å²) in [5.41, 5.74) is 2.01. The summed E-state index contributed by atoms with van der Waals surface area (Å²) in [5.74, 6) is 0.601. The van der Waals surface area contributed by atoms with Gasteiger partial charge in [-0.2, -0.15) is 0 Å². The molecule has 0 bridgehead atoms. The van der Waals surface area contributed by atoms with Gasteiger partial charge in [0.15, 0.2) is 0 Å². The number of nitrogens with zero attached hydrogens (tertiary/aromatic N) is 2. The minimum absolute atomic E-state index is 0.0480. The molecule has 1 amide bonds. The zero-order chi connectivity index (χ0) is 16.8. The number of amides is 1. The Morgan fingerprint density at radius 1 is 1.29 bits per heavy atom. The highest BCUT2D eigenvalue weighted by Crippen LogP contribution is 2.22. The maximum Gasteiger partial charge on any atom is 0.220 e. The molecule has 0 atom stereocenters. The Morgan fingerprint density at radius 2 is 2.17 bits per heavy atom. The average Bonchev–Trinajstić information content (AvgIpc) is 3.03. The van der Waals surface area contributed by atoms with Crippen LogP contribution in [0.5, 0.6) is 5.88 Å². The quantitative estimate of drug-likeness (QED) is 0.716. The monoisotopic (exact) mass is 341 g/mol. The molecular weight excluding hydrogens is 322 g/mol. The van der Waals surface area contributed by atoms with Gasteiger partial charge in [0.2, 0.25) is 11.8 Å². The number of thiazole rings is 1. The minimum atomic E-state index is 0.0480. The molecule has 0 unspecified atom stereocenters. The van der Waals surface area contributed by atoms with Crippen LogP contribution >= 0.6 is 11.3 Å². The van der Waals surface area contributed by atoms with E-state index in [1.54, 1.807) is 24.6 Å². The SMILES string of the molecule is COc1cc(CNC(=O)CCCc2nc3ccccc3s2)ccn1. The van der Waals surface area contributed by atoms with Crippen molar-refractivity contribution in [3.8, 4) is 5.88 Å². The first-order valence-electron chi connectivity index (χ1n) is 7.84. The Balaban J connectivity index is 1.43. The highest BCUT2D eigenvalue weighted by molar-refractivity contribution is 7.18. The van der Waals surface area contributed by atoms with E-state index < -0.39 is 0 Å². The number of carbonyl (C=O) groups is 1. The first-order chi connectivity index (χ1) is 11.7. The number of aryl methyl sites for hydroxylation is 1. The Labute approximate surface area is 144 Å². The fourth-order valence-electron chi connectivity index (χ4n) is 2.39. The van der Waals surface area contributed by atoms with Gasteiger partial charge in [0.25, 0.3) is 0 Å². The first-order valence-corrected chi connectivity index (χ1v) is 8.66. The van der Waals surface area contributed by atoms with Crippen LogP contribution in [-0.2, 0) is 17.8 Å². The van der Waals surface area contributed by atoms with Gasteiger partial charge >= 0.3 is 0 Å². The number of carbonyl (C=O) groups excluding carboxylic acids is 1. The van der Waals surface area contributed by atoms with Gasteiger partial charge in [-0.1, -0.05) is 12.1 Å². The molecular formula is C18H19N3O2S. The molecule has 0 radical (unpaired) electrons. The van der Waals surface area contributed by atoms with Crippen molar-refractivity contribution in [2.24, 2.45) is 0 Å². The number of hydrogen-bond acceptors (Lipinski definition) is 5. The Hall–Kier alpha value is -2.47. The van der Waals surface area contributed by atoms with Crippen LogP contribution in [0.25, 0.3) is 10.2 Å². The number of aromatic nitrogens is 2. The van der Waals surface area contributed by atoms with E-state index in [2.05, 4.69) is 21.4 Å². The van der Waals surface area contributed by atoms with Crippen molar-refractivity contribution in [1.29, 1.82) is 0 Å². The van der Waals surface area contributed by atoms with Crippen molar-refractivity contribution in [2.75, 3.05) is 7.11 Å². The number of ether oxygens (including phenoxy) is 1. The lowest BCUT2D eigenvalue weighted by Gasteiger charge is -2.06. The van der Waals surface area contributed by atoms with Gasteiger partial charge in [-0.05, 0) is 36.6 Å². The molecule has 0 spiro atoms. The van der Waals surface area contributed by atoms with E-state index in [1.807, 2.05) is 30.3 Å². The van der Waals surface area contributed by atoms with Crippen LogP contribution in [-0.4, -0.2) is 23.0 Å². The molecule has 3 aromatic rings. The maximum absolute atomic E-state index is 12.0. The lowest BCUT2D eigenvalue weighted by atomic mass is 10.2. The standard InChI is InChI=1S/C18H19N3O2S/c1-23-17-11-13(9-10-19-17)12-20-16(22)7-4-8-18-21-14-5-2-3-6-15(14)24-18/h2-3,5-6,9-11H,4,7-8,12H2,1H3,(H,20,22). The molecule has 0 aliphatic rings. The van der Waals surface area contributed by atoms with Crippen LogP contribution in [0.2, 0.25) is 0 Å². The summed E-state index contributed by atoms with van der Waals surface area (Å²) >= 11 is 1.70. The second-order valence-electron chi connectivity index (χ2n) is 5.41. The molecule has 2 heterocycles. The number of pyridine rings is 1. The fraction of sp³-hybridized carbons (Fsp3) is 0.278. The summed E-state index contributed by atoms with van der Waals surface area (Å²) < 4.78 is 6.27. The molecule has 0 saturated heterocycles. The number of nitrogens with one attached hydrogen (secondary N) is 1. The van der Waals surface area contributed by atoms with Crippen LogP contribution < -0.4 is 10.1 Å². The van der Waals surface area contributed by atoms with Gasteiger partial charge in [0, 0.05) is 25.2 Å². The predicted molar refractivity (Wildman–Crippen MR) is 95.2 cm³/mol. The Morgan fingerprint density at radius 3 is 3.00 bits per heavy atom. The highest BCUT2D eigenvalue weighted by Gasteiger charge is 2.06. The molecule has 0 aliphatic carbocycles. The predicted octanol–water partition coefficient (Wildman–Crippen LogP) is 3.34. The minimum Gasteiger partial charge on any atom is -0.481 e. The molecule has 0 fully saturated rings. The van der Waals surface area contributed by atoms with Gasteiger partial charge < -0.3 is 10.1 Å². The number of para-hydroxylation sites is 1. The van der Waals surface area contributed by atoms with E-state index in [0.29, 0.717) is 18.8 Å². The molecule has 0 saturated carbocycles. The van der Waals surface area contributed by atoms with Crippen molar-refractivity contribution in [2.45, 2.75) is 25.8 Å². The number of rotatable bonds is 7. The number of hydrogen-bond donors (Lipinski definition) is 1. The van der Waals surface area contributed by atoms with E-state index in [1.165, 1.54) is 4.70 Å². The summed E-state index contributed by atoms with van der Waals surface area (Å²) in [6, 6.07) is 11.8. The lowest BCUT2D eigenvalue weighted by Crippen LogP contribution is -2.22. The zero-order valence-corrected chi connectivity index (χ0v) is 14.3. The molecule has 0 aliphatic heterocycles. The molecule has 24 heavy (non-hydrogen) atoms. The third-order valence-electron chi connectivity index (χ3n) is 3.63. The van der Waals surface area contributed by atoms with Crippen LogP contribution in [0.1, 0.15) is 23.4 Å². The van der Waals surface area contributed by atoms with Crippen LogP contribution in [0.4, 0.5) is 0 Å². The lowest BCUT2D eigenvalue weighted by molar-refractivity contribution is -0.121. The number of benzene rings is 1. The third kappa shape index (κ3) is 4.29. The second kappa shape index (κ2) is 7.88. The number of methoxy groups -OCH3 is 1. The molecule has 2 aromatic heterocycles. The molecule has 124 valence electrons. The Bertz CT molecular complexity index is 799. The molecule has 5 nitrogen and oxygen atoms in total. The third-order valence-corrected chi connectivity index (χ3v) is 4.73. The maximum atomic E-state index is 12.0. The highest BCUT2D eigenvalue weighted by atomic mass is 32.1. The van der Waals surface area contributed by atoms with Gasteiger partial charge in [0.05, 0.1) is 22.3 Å². The van der Waals surface area contributed by atoms with Crippen molar-refractivity contribution < 1.29 is 9.53 Å². The number of fused-ring (bicyclic) bond motifs is 1. The Kier molecular flexibility index (Phi) is 5.38. The van der Waals surface area contributed by atoms with Crippen molar-refractivity contribution >= 4 is 27.5 Å².